The van der Waals surface area contributed by atoms with Crippen molar-refractivity contribution in [2.75, 3.05) is 7.11 Å². The van der Waals surface area contributed by atoms with Crippen molar-refractivity contribution in [1.82, 2.24) is 0 Å². The summed E-state index contributed by atoms with van der Waals surface area (Å²) in [4.78, 5) is 0. The Kier molecular flexibility index (Phi) is 2.42. The number of fused-ring (bicyclic) bond motifs is 1. The summed E-state index contributed by atoms with van der Waals surface area (Å²) >= 11 is 0. The van der Waals surface area contributed by atoms with E-state index in [-0.39, 0.29) is 0 Å². The lowest BCUT2D eigenvalue weighted by Crippen LogP contribution is -1.88. The molecule has 0 N–H and O–H groups in total. The largest absolute Gasteiger partial charge is 0.498 e. The molecular formula is C12H9NO2. The Labute approximate surface area is 87.3 Å². The molecule has 2 aromatic rings. The van der Waals surface area contributed by atoms with E-state index in [4.69, 9.17) is 4.74 Å². The van der Waals surface area contributed by atoms with Crippen molar-refractivity contribution in [2.45, 2.75) is 0 Å². The van der Waals surface area contributed by atoms with Crippen LogP contribution in [0.15, 0.2) is 36.4 Å². The molecule has 0 atom stereocenters. The molecule has 0 unspecified atom stereocenters. The van der Waals surface area contributed by atoms with Crippen LogP contribution in [0.4, 0.5) is 0 Å². The molecule has 0 aliphatic rings. The molecule has 0 bridgehead atoms. The average Bonchev–Trinajstić information content (AvgIpc) is 2.30. The molecule has 0 saturated heterocycles. The molecular weight excluding hydrogens is 190 g/mol. The van der Waals surface area contributed by atoms with E-state index in [2.05, 4.69) is 11.1 Å². The zero-order valence-electron chi connectivity index (χ0n) is 8.23. The molecule has 0 saturated carbocycles. The number of rotatable bonds is 1. The van der Waals surface area contributed by atoms with E-state index < -0.39 is 0 Å². The maximum absolute atomic E-state index is 10.3. The highest BCUT2D eigenvalue weighted by Crippen LogP contribution is 2.26. The van der Waals surface area contributed by atoms with Crippen LogP contribution in [0.5, 0.6) is 5.75 Å². The molecule has 0 aliphatic carbocycles. The summed E-state index contributed by atoms with van der Waals surface area (Å²) in [6.45, 7) is 0. The molecule has 0 aromatic heterocycles. The van der Waals surface area contributed by atoms with Crippen LogP contribution in [-0.4, -0.2) is 7.11 Å². The van der Waals surface area contributed by atoms with Gasteiger partial charge in [0.2, 0.25) is 0 Å². The van der Waals surface area contributed by atoms with Crippen LogP contribution in [0.2, 0.25) is 0 Å². The van der Waals surface area contributed by atoms with Gasteiger partial charge < -0.3 is 9.94 Å². The van der Waals surface area contributed by atoms with Gasteiger partial charge >= 0.3 is 6.07 Å². The Bertz CT molecular complexity index is 552. The number of hydrogen-bond donors (Lipinski definition) is 0. The highest BCUT2D eigenvalue weighted by atomic mass is 16.5. The number of nitrogens with zero attached hydrogens (tertiary/aromatic N) is 1. The lowest BCUT2D eigenvalue weighted by Gasteiger charge is -2.03. The third kappa shape index (κ3) is 1.57. The van der Waals surface area contributed by atoms with Crippen LogP contribution in [0, 0.1) is 11.3 Å². The SMILES string of the molecule is COc1ccc2ccccc2c1C#[N+][O-]. The van der Waals surface area contributed by atoms with E-state index in [0.717, 1.165) is 10.8 Å². The van der Waals surface area contributed by atoms with E-state index in [1.165, 1.54) is 0 Å². The summed E-state index contributed by atoms with van der Waals surface area (Å²) in [7, 11) is 1.56. The average molecular weight is 199 g/mol. The molecule has 0 amide bonds. The Morgan fingerprint density at radius 1 is 1.20 bits per heavy atom. The first-order valence-electron chi connectivity index (χ1n) is 4.51. The fourth-order valence-corrected chi connectivity index (χ4v) is 1.58. The zero-order valence-corrected chi connectivity index (χ0v) is 8.23. The van der Waals surface area contributed by atoms with Gasteiger partial charge in [-0.1, -0.05) is 30.3 Å². The molecule has 0 spiro atoms. The van der Waals surface area contributed by atoms with Gasteiger partial charge in [0, 0.05) is 10.4 Å². The van der Waals surface area contributed by atoms with Crippen LogP contribution >= 0.6 is 0 Å². The Morgan fingerprint density at radius 2 is 2.00 bits per heavy atom. The van der Waals surface area contributed by atoms with Crippen molar-refractivity contribution in [1.29, 1.82) is 0 Å². The second-order valence-corrected chi connectivity index (χ2v) is 3.07. The van der Waals surface area contributed by atoms with E-state index in [9.17, 15) is 5.21 Å². The minimum absolute atomic E-state index is 0.602. The Balaban J connectivity index is 2.82. The summed E-state index contributed by atoms with van der Waals surface area (Å²) in [5, 5.41) is 14.9. The second kappa shape index (κ2) is 3.89. The maximum atomic E-state index is 10.3. The highest BCUT2D eigenvalue weighted by Gasteiger charge is 2.09. The third-order valence-electron chi connectivity index (χ3n) is 2.27. The van der Waals surface area contributed by atoms with Crippen LogP contribution in [0.3, 0.4) is 0 Å². The predicted octanol–water partition coefficient (Wildman–Crippen LogP) is 3.03. The second-order valence-electron chi connectivity index (χ2n) is 3.07. The van der Waals surface area contributed by atoms with Crippen LogP contribution < -0.4 is 4.74 Å². The molecule has 2 aromatic carbocycles. The monoisotopic (exact) mass is 199 g/mol. The van der Waals surface area contributed by atoms with Gasteiger partial charge in [0.1, 0.15) is 5.75 Å². The van der Waals surface area contributed by atoms with E-state index in [1.54, 1.807) is 13.2 Å². The molecule has 0 fully saturated rings. The normalized spacial score (nSPS) is 9.40. The van der Waals surface area contributed by atoms with Gasteiger partial charge in [0.15, 0.2) is 5.56 Å². The van der Waals surface area contributed by atoms with E-state index in [1.807, 2.05) is 30.3 Å². The lowest BCUT2D eigenvalue weighted by atomic mass is 10.0. The quantitative estimate of drug-likeness (QED) is 0.662. The molecule has 3 heteroatoms. The van der Waals surface area contributed by atoms with Gasteiger partial charge in [-0.2, -0.15) is 0 Å². The van der Waals surface area contributed by atoms with Gasteiger partial charge in [0.05, 0.1) is 7.11 Å². The molecule has 15 heavy (non-hydrogen) atoms. The molecule has 0 radical (unpaired) electrons. The molecule has 3 nitrogen and oxygen atoms in total. The van der Waals surface area contributed by atoms with Crippen molar-refractivity contribution in [3.8, 4) is 11.8 Å². The fourth-order valence-electron chi connectivity index (χ4n) is 1.58. The summed E-state index contributed by atoms with van der Waals surface area (Å²) in [5.74, 6) is 0.605. The van der Waals surface area contributed by atoms with E-state index >= 15 is 0 Å². The van der Waals surface area contributed by atoms with Gasteiger partial charge in [0.25, 0.3) is 0 Å². The van der Waals surface area contributed by atoms with Crippen LogP contribution in [0.1, 0.15) is 5.56 Å². The number of ether oxygens (including phenoxy) is 1. The molecule has 0 aliphatic heterocycles. The first kappa shape index (κ1) is 9.35. The van der Waals surface area contributed by atoms with Crippen molar-refractivity contribution in [3.05, 3.63) is 52.2 Å². The summed E-state index contributed by atoms with van der Waals surface area (Å²) in [6.07, 6.45) is 0. The minimum Gasteiger partial charge on any atom is -0.498 e. The lowest BCUT2D eigenvalue weighted by molar-refractivity contribution is 0.414. The maximum Gasteiger partial charge on any atom is 0.341 e. The molecule has 0 heterocycles. The molecule has 2 rings (SSSR count). The number of benzene rings is 2. The number of hydrogen-bond acceptors (Lipinski definition) is 2. The van der Waals surface area contributed by atoms with Crippen molar-refractivity contribution >= 4 is 10.8 Å². The van der Waals surface area contributed by atoms with Crippen molar-refractivity contribution in [2.24, 2.45) is 0 Å². The highest BCUT2D eigenvalue weighted by molar-refractivity contribution is 5.90. The van der Waals surface area contributed by atoms with Crippen LogP contribution in [0.25, 0.3) is 15.8 Å². The topological polar surface area (TPSA) is 36.6 Å². The first-order chi connectivity index (χ1) is 7.36. The van der Waals surface area contributed by atoms with Gasteiger partial charge in [-0.3, -0.25) is 0 Å². The van der Waals surface area contributed by atoms with Gasteiger partial charge in [-0.15, -0.1) is 0 Å². The summed E-state index contributed by atoms with van der Waals surface area (Å²) in [6, 6.07) is 13.9. The fraction of sp³-hybridized carbons (Fsp3) is 0.0833. The Hall–Kier alpha value is -2.21. The first-order valence-corrected chi connectivity index (χ1v) is 4.51. The smallest absolute Gasteiger partial charge is 0.341 e. The zero-order chi connectivity index (χ0) is 10.7. The molecule has 74 valence electrons. The van der Waals surface area contributed by atoms with Crippen molar-refractivity contribution < 1.29 is 4.74 Å². The van der Waals surface area contributed by atoms with E-state index in [0.29, 0.717) is 11.3 Å². The third-order valence-corrected chi connectivity index (χ3v) is 2.27. The van der Waals surface area contributed by atoms with Crippen LogP contribution in [-0.2, 0) is 0 Å². The summed E-state index contributed by atoms with van der Waals surface area (Å²) < 4.78 is 5.14. The van der Waals surface area contributed by atoms with Gasteiger partial charge in [-0.05, 0) is 11.5 Å². The number of methoxy groups -OCH3 is 1. The minimum atomic E-state index is 0.602. The Morgan fingerprint density at radius 3 is 2.73 bits per heavy atom. The van der Waals surface area contributed by atoms with Gasteiger partial charge in [-0.25, -0.2) is 0 Å². The predicted molar refractivity (Wildman–Crippen MR) is 60.2 cm³/mol. The summed E-state index contributed by atoms with van der Waals surface area (Å²) in [5.41, 5.74) is 0.602. The van der Waals surface area contributed by atoms with Crippen molar-refractivity contribution in [3.63, 3.8) is 0 Å². The standard InChI is InChI=1S/C12H9NO2/c1-15-12-7-6-9-4-2-3-5-10(9)11(12)8-13-14/h2-7H,1H3.